The zero-order valence-electron chi connectivity index (χ0n) is 19.8. The van der Waals surface area contributed by atoms with Gasteiger partial charge in [0.2, 0.25) is 5.76 Å². The van der Waals surface area contributed by atoms with E-state index in [0.717, 1.165) is 49.2 Å². The van der Waals surface area contributed by atoms with E-state index in [2.05, 4.69) is 25.1 Å². The molecule has 0 bridgehead atoms. The zero-order valence-corrected chi connectivity index (χ0v) is 19.8. The molecule has 0 unspecified atom stereocenters. The molecule has 0 N–H and O–H groups in total. The third-order valence-corrected chi connectivity index (χ3v) is 4.99. The van der Waals surface area contributed by atoms with Crippen LogP contribution in [-0.2, 0) is 27.1 Å². The number of rotatable bonds is 14. The van der Waals surface area contributed by atoms with E-state index in [9.17, 15) is 4.79 Å². The zero-order chi connectivity index (χ0) is 23.2. The number of hydrogen-bond acceptors (Lipinski definition) is 5. The van der Waals surface area contributed by atoms with Gasteiger partial charge in [-0.2, -0.15) is 0 Å². The molecule has 2 rings (SSSR count). The molecule has 0 radical (unpaired) electrons. The van der Waals surface area contributed by atoms with Gasteiger partial charge in [0.05, 0.1) is 26.9 Å². The predicted molar refractivity (Wildman–Crippen MR) is 128 cm³/mol. The lowest BCUT2D eigenvalue weighted by Gasteiger charge is -2.13. The quantitative estimate of drug-likeness (QED) is 0.156. The first-order chi connectivity index (χ1) is 15.6. The number of esters is 1. The third kappa shape index (κ3) is 8.29. The minimum atomic E-state index is -0.452. The molecule has 5 nitrogen and oxygen atoms in total. The van der Waals surface area contributed by atoms with E-state index in [1.54, 1.807) is 20.1 Å². The maximum Gasteiger partial charge on any atom is 0.373 e. The highest BCUT2D eigenvalue weighted by molar-refractivity contribution is 5.91. The average molecular weight is 441 g/mol. The Hall–Kier alpha value is -2.95. The second-order valence-corrected chi connectivity index (χ2v) is 7.43. The number of unbranched alkanes of at least 4 members (excludes halogenated alkanes) is 1. The maximum atomic E-state index is 12.2. The lowest BCUT2D eigenvalue weighted by molar-refractivity contribution is -0.142. The van der Waals surface area contributed by atoms with Crippen LogP contribution in [0, 0.1) is 0 Å². The van der Waals surface area contributed by atoms with Crippen molar-refractivity contribution in [1.29, 1.82) is 0 Å². The molecule has 0 atom stereocenters. The fourth-order valence-corrected chi connectivity index (χ4v) is 3.27. The molecule has 32 heavy (non-hydrogen) atoms. The minimum Gasteiger partial charge on any atom is -0.497 e. The Balaban J connectivity index is 2.14. The van der Waals surface area contributed by atoms with Crippen LogP contribution in [0.2, 0.25) is 0 Å². The minimum absolute atomic E-state index is 0.209. The van der Waals surface area contributed by atoms with Gasteiger partial charge >= 0.3 is 5.97 Å². The summed E-state index contributed by atoms with van der Waals surface area (Å²) in [6, 6.07) is 14.3. The smallest absolute Gasteiger partial charge is 0.373 e. The van der Waals surface area contributed by atoms with E-state index in [0.29, 0.717) is 19.8 Å². The van der Waals surface area contributed by atoms with Gasteiger partial charge in [0.25, 0.3) is 0 Å². The Morgan fingerprint density at radius 3 is 2.31 bits per heavy atom. The van der Waals surface area contributed by atoms with Crippen LogP contribution < -0.4 is 9.47 Å². The number of aryl methyl sites for hydroxylation is 2. The molecule has 0 amide bonds. The van der Waals surface area contributed by atoms with Crippen LogP contribution >= 0.6 is 0 Å². The van der Waals surface area contributed by atoms with Gasteiger partial charge < -0.3 is 18.9 Å². The van der Waals surface area contributed by atoms with Crippen LogP contribution in [0.25, 0.3) is 6.08 Å². The fraction of sp³-hybridized carbons (Fsp3) is 0.444. The van der Waals surface area contributed by atoms with Crippen molar-refractivity contribution in [2.45, 2.75) is 52.9 Å². The highest BCUT2D eigenvalue weighted by atomic mass is 16.6. The van der Waals surface area contributed by atoms with Gasteiger partial charge in [0.15, 0.2) is 0 Å². The fourth-order valence-electron chi connectivity index (χ4n) is 3.27. The molecule has 2 aromatic carbocycles. The van der Waals surface area contributed by atoms with Crippen molar-refractivity contribution in [1.82, 2.24) is 0 Å². The molecule has 0 saturated heterocycles. The monoisotopic (exact) mass is 440 g/mol. The van der Waals surface area contributed by atoms with Crippen molar-refractivity contribution in [2.24, 2.45) is 0 Å². The summed E-state index contributed by atoms with van der Waals surface area (Å²) in [5.41, 5.74) is 3.31. The van der Waals surface area contributed by atoms with Crippen LogP contribution in [0.15, 0.2) is 48.2 Å². The summed E-state index contributed by atoms with van der Waals surface area (Å²) in [5, 5.41) is 0. The molecule has 0 aliphatic rings. The SMILES string of the molecule is CCCCOc1cc(/C=C(\OCC)C(=O)OCC)ccc1CCCc1ccc(OC)cc1. The summed E-state index contributed by atoms with van der Waals surface area (Å²) in [7, 11) is 1.68. The van der Waals surface area contributed by atoms with E-state index in [1.807, 2.05) is 31.2 Å². The summed E-state index contributed by atoms with van der Waals surface area (Å²) < 4.78 is 21.9. The van der Waals surface area contributed by atoms with Gasteiger partial charge in [-0.05, 0) is 80.5 Å². The van der Waals surface area contributed by atoms with Gasteiger partial charge in [-0.1, -0.05) is 37.6 Å². The van der Waals surface area contributed by atoms with Gasteiger partial charge in [-0.25, -0.2) is 4.79 Å². The van der Waals surface area contributed by atoms with Gasteiger partial charge in [0.1, 0.15) is 11.5 Å². The first kappa shape index (κ1) is 25.3. The van der Waals surface area contributed by atoms with E-state index in [4.69, 9.17) is 18.9 Å². The Kier molecular flexibility index (Phi) is 11.2. The molecular formula is C27H36O5. The van der Waals surface area contributed by atoms with Gasteiger partial charge in [-0.3, -0.25) is 0 Å². The molecule has 174 valence electrons. The van der Waals surface area contributed by atoms with Crippen molar-refractivity contribution in [3.05, 3.63) is 64.9 Å². The second-order valence-electron chi connectivity index (χ2n) is 7.43. The number of benzene rings is 2. The van der Waals surface area contributed by atoms with Crippen molar-refractivity contribution in [3.8, 4) is 11.5 Å². The lowest BCUT2D eigenvalue weighted by atomic mass is 10.0. The standard InChI is InChI=1S/C27H36O5/c1-5-8-18-32-25-19-22(20-26(30-6-2)27(28)31-7-3)12-15-23(25)11-9-10-21-13-16-24(29-4)17-14-21/h12-17,19-20H,5-11,18H2,1-4H3/b26-20-. The lowest BCUT2D eigenvalue weighted by Crippen LogP contribution is -2.10. The summed E-state index contributed by atoms with van der Waals surface area (Å²) in [5.74, 6) is 1.49. The van der Waals surface area contributed by atoms with E-state index < -0.39 is 5.97 Å². The Morgan fingerprint density at radius 2 is 1.66 bits per heavy atom. The highest BCUT2D eigenvalue weighted by Gasteiger charge is 2.13. The Morgan fingerprint density at radius 1 is 0.906 bits per heavy atom. The Labute approximate surface area is 192 Å². The Bertz CT molecular complexity index is 855. The highest BCUT2D eigenvalue weighted by Crippen LogP contribution is 2.25. The number of ether oxygens (including phenoxy) is 4. The van der Waals surface area contributed by atoms with Crippen molar-refractivity contribution in [2.75, 3.05) is 26.9 Å². The molecule has 2 aromatic rings. The largest absolute Gasteiger partial charge is 0.497 e. The van der Waals surface area contributed by atoms with Gasteiger partial charge in [-0.15, -0.1) is 0 Å². The molecule has 5 heteroatoms. The number of methoxy groups -OCH3 is 1. The van der Waals surface area contributed by atoms with Crippen molar-refractivity contribution >= 4 is 12.0 Å². The maximum absolute atomic E-state index is 12.2. The second kappa shape index (κ2) is 14.2. The van der Waals surface area contributed by atoms with Crippen LogP contribution in [0.4, 0.5) is 0 Å². The van der Waals surface area contributed by atoms with Crippen molar-refractivity contribution in [3.63, 3.8) is 0 Å². The molecule has 0 fully saturated rings. The molecule has 0 spiro atoms. The van der Waals surface area contributed by atoms with E-state index in [1.165, 1.54) is 11.1 Å². The molecular weight excluding hydrogens is 404 g/mol. The summed E-state index contributed by atoms with van der Waals surface area (Å²) in [4.78, 5) is 12.2. The topological polar surface area (TPSA) is 54.0 Å². The third-order valence-electron chi connectivity index (χ3n) is 4.99. The molecule has 0 aromatic heterocycles. The van der Waals surface area contributed by atoms with Crippen LogP contribution in [0.3, 0.4) is 0 Å². The molecule has 0 heterocycles. The molecule has 0 aliphatic heterocycles. The number of hydrogen-bond donors (Lipinski definition) is 0. The molecule has 0 aliphatic carbocycles. The average Bonchev–Trinajstić information content (AvgIpc) is 2.81. The van der Waals surface area contributed by atoms with Crippen molar-refractivity contribution < 1.29 is 23.7 Å². The first-order valence-corrected chi connectivity index (χ1v) is 11.5. The summed E-state index contributed by atoms with van der Waals surface area (Å²) in [6.45, 7) is 7.15. The normalized spacial score (nSPS) is 11.2. The van der Waals surface area contributed by atoms with Crippen LogP contribution in [-0.4, -0.2) is 32.9 Å². The molecule has 0 saturated carbocycles. The van der Waals surface area contributed by atoms with Crippen LogP contribution in [0.1, 0.15) is 56.7 Å². The number of carbonyl (C=O) groups is 1. The number of carbonyl (C=O) groups excluding carboxylic acids is 1. The summed E-state index contributed by atoms with van der Waals surface area (Å²) >= 11 is 0. The first-order valence-electron chi connectivity index (χ1n) is 11.5. The van der Waals surface area contributed by atoms with E-state index >= 15 is 0 Å². The van der Waals surface area contributed by atoms with Gasteiger partial charge in [0, 0.05) is 0 Å². The van der Waals surface area contributed by atoms with Crippen LogP contribution in [0.5, 0.6) is 11.5 Å². The van der Waals surface area contributed by atoms with E-state index in [-0.39, 0.29) is 5.76 Å². The predicted octanol–water partition coefficient (Wildman–Crippen LogP) is 5.99. The summed E-state index contributed by atoms with van der Waals surface area (Å²) in [6.07, 6.45) is 6.70.